The predicted octanol–water partition coefficient (Wildman–Crippen LogP) is 2.04. The van der Waals surface area contributed by atoms with Gasteiger partial charge >= 0.3 is 0 Å². The lowest BCUT2D eigenvalue weighted by Crippen LogP contribution is -2.41. The summed E-state index contributed by atoms with van der Waals surface area (Å²) in [5.74, 6) is 0.803. The van der Waals surface area contributed by atoms with Gasteiger partial charge in [0.25, 0.3) is 0 Å². The van der Waals surface area contributed by atoms with Crippen LogP contribution in [0.2, 0.25) is 0 Å². The fourth-order valence-corrected chi connectivity index (χ4v) is 5.78. The van der Waals surface area contributed by atoms with Crippen molar-refractivity contribution in [1.29, 1.82) is 0 Å². The quantitative estimate of drug-likeness (QED) is 0.704. The molecule has 6 heteroatoms. The van der Waals surface area contributed by atoms with Crippen LogP contribution in [-0.2, 0) is 21.2 Å². The number of aryl methyl sites for hydroxylation is 1. The SMILES string of the molecule is CS(=O)(=O)NC[C@H]1[C@H]2CN(CCCCc3ccccc3)C[C@]23CC[C@H]1O3. The first-order valence-corrected chi connectivity index (χ1v) is 11.7. The van der Waals surface area contributed by atoms with Crippen LogP contribution >= 0.6 is 0 Å². The minimum absolute atomic E-state index is 0.00601. The number of hydrogen-bond acceptors (Lipinski definition) is 4. The lowest BCUT2D eigenvalue weighted by atomic mass is 9.74. The van der Waals surface area contributed by atoms with Gasteiger partial charge < -0.3 is 9.64 Å². The second kappa shape index (κ2) is 7.23. The molecule has 26 heavy (non-hydrogen) atoms. The van der Waals surface area contributed by atoms with Gasteiger partial charge in [0, 0.05) is 31.5 Å². The minimum atomic E-state index is -3.14. The van der Waals surface area contributed by atoms with Gasteiger partial charge in [-0.1, -0.05) is 30.3 Å². The third-order valence-corrected chi connectivity index (χ3v) is 7.16. The number of nitrogens with zero attached hydrogens (tertiary/aromatic N) is 1. The largest absolute Gasteiger partial charge is 0.370 e. The molecule has 3 saturated heterocycles. The first-order chi connectivity index (χ1) is 12.5. The molecule has 2 bridgehead atoms. The molecule has 1 aromatic rings. The average molecular weight is 379 g/mol. The van der Waals surface area contributed by atoms with E-state index in [-0.39, 0.29) is 11.7 Å². The summed E-state index contributed by atoms with van der Waals surface area (Å²) in [6.07, 6.45) is 7.25. The number of likely N-dealkylation sites (tertiary alicyclic amines) is 1. The number of hydrogen-bond donors (Lipinski definition) is 1. The van der Waals surface area contributed by atoms with E-state index in [4.69, 9.17) is 4.74 Å². The van der Waals surface area contributed by atoms with Crippen molar-refractivity contribution in [3.63, 3.8) is 0 Å². The van der Waals surface area contributed by atoms with Crippen LogP contribution in [0.3, 0.4) is 0 Å². The standard InChI is InChI=1S/C20H30N2O3S/c1-26(23,24)21-13-17-18-14-22(15-20(18)11-10-19(17)25-20)12-6-5-9-16-7-3-2-4-8-16/h2-4,7-8,17-19,21H,5-6,9-15H2,1H3/t17-,18+,19+,20+/m0/s1. The van der Waals surface area contributed by atoms with E-state index in [0.717, 1.165) is 38.9 Å². The lowest BCUT2D eigenvalue weighted by Gasteiger charge is -2.29. The summed E-state index contributed by atoms with van der Waals surface area (Å²) in [7, 11) is -3.14. The molecule has 3 aliphatic heterocycles. The molecule has 0 radical (unpaired) electrons. The van der Waals surface area contributed by atoms with E-state index in [0.29, 0.717) is 18.4 Å². The third-order valence-electron chi connectivity index (χ3n) is 6.47. The van der Waals surface area contributed by atoms with Crippen LogP contribution in [0.5, 0.6) is 0 Å². The van der Waals surface area contributed by atoms with Gasteiger partial charge in [-0.05, 0) is 44.2 Å². The minimum Gasteiger partial charge on any atom is -0.370 e. The van der Waals surface area contributed by atoms with E-state index in [1.54, 1.807) is 0 Å². The summed E-state index contributed by atoms with van der Waals surface area (Å²) in [5, 5.41) is 0. The number of nitrogens with one attached hydrogen (secondary N) is 1. The Balaban J connectivity index is 1.28. The van der Waals surface area contributed by atoms with Gasteiger partial charge in [0.05, 0.1) is 18.0 Å². The van der Waals surface area contributed by atoms with Crippen LogP contribution < -0.4 is 4.72 Å². The summed E-state index contributed by atoms with van der Waals surface area (Å²) in [4.78, 5) is 2.55. The molecule has 1 aromatic carbocycles. The molecule has 1 N–H and O–H groups in total. The molecule has 3 heterocycles. The molecule has 3 fully saturated rings. The van der Waals surface area contributed by atoms with Gasteiger partial charge in [0.2, 0.25) is 10.0 Å². The summed E-state index contributed by atoms with van der Waals surface area (Å²) in [6.45, 7) is 3.72. The molecule has 0 saturated carbocycles. The van der Waals surface area contributed by atoms with Crippen molar-refractivity contribution in [1.82, 2.24) is 9.62 Å². The first kappa shape index (κ1) is 18.4. The molecule has 1 spiro atoms. The van der Waals surface area contributed by atoms with E-state index < -0.39 is 10.0 Å². The van der Waals surface area contributed by atoms with Crippen LogP contribution in [0.25, 0.3) is 0 Å². The van der Waals surface area contributed by atoms with Gasteiger partial charge in [-0.2, -0.15) is 0 Å². The van der Waals surface area contributed by atoms with Crippen LogP contribution in [0.4, 0.5) is 0 Å². The van der Waals surface area contributed by atoms with Gasteiger partial charge in [0.15, 0.2) is 0 Å². The number of sulfonamides is 1. The Bertz CT molecular complexity index is 724. The monoisotopic (exact) mass is 378 g/mol. The molecular formula is C20H30N2O3S. The molecule has 144 valence electrons. The number of benzene rings is 1. The van der Waals surface area contributed by atoms with Crippen molar-refractivity contribution in [2.45, 2.75) is 43.8 Å². The zero-order chi connectivity index (χ0) is 18.2. The van der Waals surface area contributed by atoms with Crippen LogP contribution in [0.15, 0.2) is 30.3 Å². The Labute approximate surface area is 157 Å². The summed E-state index contributed by atoms with van der Waals surface area (Å²) in [6, 6.07) is 10.7. The molecule has 0 aromatic heterocycles. The van der Waals surface area contributed by atoms with Crippen molar-refractivity contribution >= 4 is 10.0 Å². The van der Waals surface area contributed by atoms with E-state index >= 15 is 0 Å². The van der Waals surface area contributed by atoms with Crippen molar-refractivity contribution in [3.05, 3.63) is 35.9 Å². The predicted molar refractivity (Wildman–Crippen MR) is 102 cm³/mol. The summed E-state index contributed by atoms with van der Waals surface area (Å²) in [5.41, 5.74) is 1.41. The van der Waals surface area contributed by atoms with E-state index in [1.807, 2.05) is 0 Å². The molecule has 0 amide bonds. The van der Waals surface area contributed by atoms with Crippen molar-refractivity contribution in [2.24, 2.45) is 11.8 Å². The van der Waals surface area contributed by atoms with Gasteiger partial charge in [-0.3, -0.25) is 0 Å². The van der Waals surface area contributed by atoms with Crippen molar-refractivity contribution < 1.29 is 13.2 Å². The average Bonchev–Trinajstić information content (AvgIpc) is 3.25. The third kappa shape index (κ3) is 3.84. The molecular weight excluding hydrogens is 348 g/mol. The maximum absolute atomic E-state index is 11.5. The molecule has 5 nitrogen and oxygen atoms in total. The summed E-state index contributed by atoms with van der Waals surface area (Å²) >= 11 is 0. The highest BCUT2D eigenvalue weighted by molar-refractivity contribution is 7.88. The zero-order valence-electron chi connectivity index (χ0n) is 15.6. The van der Waals surface area contributed by atoms with Crippen LogP contribution in [0.1, 0.15) is 31.2 Å². The number of ether oxygens (including phenoxy) is 1. The summed E-state index contributed by atoms with van der Waals surface area (Å²) < 4.78 is 32.1. The Morgan fingerprint density at radius 3 is 2.85 bits per heavy atom. The number of rotatable bonds is 8. The normalized spacial score (nSPS) is 33.7. The second-order valence-corrected chi connectivity index (χ2v) is 10.2. The fourth-order valence-electron chi connectivity index (χ4n) is 5.29. The molecule has 0 aliphatic carbocycles. The maximum atomic E-state index is 11.5. The highest BCUT2D eigenvalue weighted by Gasteiger charge is 2.62. The lowest BCUT2D eigenvalue weighted by molar-refractivity contribution is 0.00274. The van der Waals surface area contributed by atoms with E-state index in [9.17, 15) is 8.42 Å². The van der Waals surface area contributed by atoms with Crippen LogP contribution in [-0.4, -0.2) is 57.5 Å². The molecule has 4 rings (SSSR count). The fraction of sp³-hybridized carbons (Fsp3) is 0.700. The van der Waals surface area contributed by atoms with Gasteiger partial charge in [-0.15, -0.1) is 0 Å². The highest BCUT2D eigenvalue weighted by Crippen LogP contribution is 2.54. The molecule has 3 aliphatic rings. The zero-order valence-corrected chi connectivity index (χ0v) is 16.4. The van der Waals surface area contributed by atoms with Gasteiger partial charge in [0.1, 0.15) is 0 Å². The molecule has 4 atom stereocenters. The topological polar surface area (TPSA) is 58.6 Å². The first-order valence-electron chi connectivity index (χ1n) is 9.84. The van der Waals surface area contributed by atoms with Crippen molar-refractivity contribution in [2.75, 3.05) is 32.4 Å². The van der Waals surface area contributed by atoms with Crippen LogP contribution in [0, 0.1) is 11.8 Å². The maximum Gasteiger partial charge on any atom is 0.208 e. The Morgan fingerprint density at radius 2 is 2.08 bits per heavy atom. The number of unbranched alkanes of at least 4 members (excludes halogenated alkanes) is 1. The second-order valence-electron chi connectivity index (χ2n) is 8.33. The Morgan fingerprint density at radius 1 is 1.27 bits per heavy atom. The Hall–Kier alpha value is -0.950. The molecule has 0 unspecified atom stereocenters. The number of fused-ring (bicyclic) bond motifs is 1. The highest BCUT2D eigenvalue weighted by atomic mass is 32.2. The van der Waals surface area contributed by atoms with E-state index in [1.165, 1.54) is 24.7 Å². The van der Waals surface area contributed by atoms with Crippen molar-refractivity contribution in [3.8, 4) is 0 Å². The smallest absolute Gasteiger partial charge is 0.208 e. The van der Waals surface area contributed by atoms with Gasteiger partial charge in [-0.25, -0.2) is 13.1 Å². The Kier molecular flexibility index (Phi) is 5.12. The van der Waals surface area contributed by atoms with E-state index in [2.05, 4.69) is 40.0 Å².